The molecule has 34 heavy (non-hydrogen) atoms. The third-order valence-corrected chi connectivity index (χ3v) is 11.6. The van der Waals surface area contributed by atoms with E-state index in [1.807, 2.05) is 0 Å². The van der Waals surface area contributed by atoms with Crippen LogP contribution < -0.4 is 15.9 Å². The molecule has 4 heteroatoms. The van der Waals surface area contributed by atoms with Crippen molar-refractivity contribution < 1.29 is 4.79 Å². The quantitative estimate of drug-likeness (QED) is 0.315. The Hall–Kier alpha value is -2.48. The number of benzene rings is 3. The highest BCUT2D eigenvalue weighted by Gasteiger charge is 2.44. The number of unbranched alkanes of at least 4 members (excludes halogenated alkanes) is 3. The van der Waals surface area contributed by atoms with Crippen LogP contribution in [0.25, 0.3) is 0 Å². The van der Waals surface area contributed by atoms with Crippen molar-refractivity contribution in [2.24, 2.45) is 0 Å². The Bertz CT molecular complexity index is 905. The van der Waals surface area contributed by atoms with Gasteiger partial charge in [0.15, 0.2) is 0 Å². The van der Waals surface area contributed by atoms with E-state index in [0.717, 1.165) is 45.2 Å². The summed E-state index contributed by atoms with van der Waals surface area (Å²) in [5, 5.41) is 4.37. The van der Waals surface area contributed by atoms with Crippen LogP contribution in [-0.2, 0) is 4.79 Å². The maximum atomic E-state index is 12.6. The second kappa shape index (κ2) is 12.3. The SMILES string of the molecule is CN1CCN(C(=O)CCCCCC[P+](c2ccccc2)(c2ccccc2)c2ccccc2)CC1. The number of hydrogen-bond donors (Lipinski definition) is 0. The third kappa shape index (κ3) is 5.95. The van der Waals surface area contributed by atoms with Gasteiger partial charge in [-0.25, -0.2) is 0 Å². The van der Waals surface area contributed by atoms with Gasteiger partial charge in [-0.2, -0.15) is 0 Å². The van der Waals surface area contributed by atoms with E-state index in [2.05, 4.69) is 108 Å². The Kier molecular flexibility index (Phi) is 8.91. The zero-order valence-electron chi connectivity index (χ0n) is 20.5. The summed E-state index contributed by atoms with van der Waals surface area (Å²) >= 11 is 0. The van der Waals surface area contributed by atoms with Crippen molar-refractivity contribution in [1.29, 1.82) is 0 Å². The van der Waals surface area contributed by atoms with Crippen molar-refractivity contribution in [1.82, 2.24) is 9.80 Å². The van der Waals surface area contributed by atoms with E-state index < -0.39 is 7.26 Å². The predicted molar refractivity (Wildman–Crippen MR) is 147 cm³/mol. The van der Waals surface area contributed by atoms with Crippen molar-refractivity contribution in [3.63, 3.8) is 0 Å². The molecule has 1 heterocycles. The van der Waals surface area contributed by atoms with Gasteiger partial charge in [0.2, 0.25) is 5.91 Å². The standard InChI is InChI=1S/C30H38N2OP/c1-31-22-24-32(25-23-31)30(33)21-13-2-3-14-26-34(27-15-7-4-8-16-27,28-17-9-5-10-18-28)29-19-11-6-12-20-29/h4-12,15-20H,2-3,13-14,21-26H2,1H3/q+1. The average molecular weight is 474 g/mol. The van der Waals surface area contributed by atoms with Crippen LogP contribution in [-0.4, -0.2) is 55.1 Å². The summed E-state index contributed by atoms with van der Waals surface area (Å²) < 4.78 is 0. The molecule has 3 aromatic carbocycles. The number of carbonyl (C=O) groups is 1. The van der Waals surface area contributed by atoms with Crippen LogP contribution in [0, 0.1) is 0 Å². The van der Waals surface area contributed by atoms with Gasteiger partial charge in [0.05, 0.1) is 6.16 Å². The highest BCUT2D eigenvalue weighted by molar-refractivity contribution is 7.95. The van der Waals surface area contributed by atoms with Crippen LogP contribution in [0.15, 0.2) is 91.0 Å². The fraction of sp³-hybridized carbons (Fsp3) is 0.367. The molecule has 0 N–H and O–H groups in total. The largest absolute Gasteiger partial charge is 0.340 e. The molecule has 0 bridgehead atoms. The molecule has 3 nitrogen and oxygen atoms in total. The second-order valence-electron chi connectivity index (χ2n) is 9.39. The minimum atomic E-state index is -1.73. The molecule has 0 atom stereocenters. The van der Waals surface area contributed by atoms with Crippen LogP contribution in [0.1, 0.15) is 32.1 Å². The lowest BCUT2D eigenvalue weighted by atomic mass is 10.1. The van der Waals surface area contributed by atoms with Crippen molar-refractivity contribution in [2.45, 2.75) is 32.1 Å². The van der Waals surface area contributed by atoms with Gasteiger partial charge in [0, 0.05) is 32.6 Å². The summed E-state index contributed by atoms with van der Waals surface area (Å²) in [5.74, 6) is 0.341. The summed E-state index contributed by atoms with van der Waals surface area (Å²) in [4.78, 5) is 16.9. The molecule has 0 aliphatic carbocycles. The summed E-state index contributed by atoms with van der Waals surface area (Å²) in [6.45, 7) is 3.76. The lowest BCUT2D eigenvalue weighted by Crippen LogP contribution is -2.47. The molecule has 0 radical (unpaired) electrons. The minimum absolute atomic E-state index is 0.341. The lowest BCUT2D eigenvalue weighted by Gasteiger charge is -2.32. The first kappa shape index (κ1) is 24.6. The Morgan fingerprint density at radius 2 is 1.09 bits per heavy atom. The highest BCUT2D eigenvalue weighted by atomic mass is 31.2. The van der Waals surface area contributed by atoms with E-state index in [-0.39, 0.29) is 0 Å². The fourth-order valence-electron chi connectivity index (χ4n) is 5.07. The molecule has 178 valence electrons. The third-order valence-electron chi connectivity index (χ3n) is 7.08. The van der Waals surface area contributed by atoms with Gasteiger partial charge in [-0.3, -0.25) is 4.79 Å². The molecular formula is C30H38N2OP+. The molecule has 0 saturated carbocycles. The van der Waals surface area contributed by atoms with E-state index in [1.165, 1.54) is 28.8 Å². The highest BCUT2D eigenvalue weighted by Crippen LogP contribution is 2.55. The summed E-state index contributed by atoms with van der Waals surface area (Å²) in [7, 11) is 0.401. The van der Waals surface area contributed by atoms with Crippen molar-refractivity contribution >= 4 is 29.1 Å². The van der Waals surface area contributed by atoms with Gasteiger partial charge < -0.3 is 9.80 Å². The van der Waals surface area contributed by atoms with Gasteiger partial charge >= 0.3 is 0 Å². The van der Waals surface area contributed by atoms with Crippen LogP contribution in [0.5, 0.6) is 0 Å². The summed E-state index contributed by atoms with van der Waals surface area (Å²) in [5.41, 5.74) is 0. The number of nitrogens with zero attached hydrogens (tertiary/aromatic N) is 2. The van der Waals surface area contributed by atoms with Crippen LogP contribution >= 0.6 is 7.26 Å². The van der Waals surface area contributed by atoms with Gasteiger partial charge in [-0.05, 0) is 62.7 Å². The van der Waals surface area contributed by atoms with Gasteiger partial charge in [-0.15, -0.1) is 0 Å². The monoisotopic (exact) mass is 473 g/mol. The maximum absolute atomic E-state index is 12.6. The molecule has 0 spiro atoms. The number of amides is 1. The number of likely N-dealkylation sites (N-methyl/N-ethyl adjacent to an activating group) is 1. The molecule has 1 aliphatic rings. The first-order valence-corrected chi connectivity index (χ1v) is 14.7. The molecule has 1 fully saturated rings. The maximum Gasteiger partial charge on any atom is 0.222 e. The number of carbonyl (C=O) groups excluding carboxylic acids is 1. The second-order valence-corrected chi connectivity index (χ2v) is 13.0. The topological polar surface area (TPSA) is 23.6 Å². The molecular weight excluding hydrogens is 435 g/mol. The van der Waals surface area contributed by atoms with Gasteiger partial charge in [-0.1, -0.05) is 61.0 Å². The Morgan fingerprint density at radius 1 is 0.647 bits per heavy atom. The number of hydrogen-bond acceptors (Lipinski definition) is 2. The Balaban J connectivity index is 1.42. The van der Waals surface area contributed by atoms with E-state index in [4.69, 9.17) is 0 Å². The smallest absolute Gasteiger partial charge is 0.222 e. The van der Waals surface area contributed by atoms with E-state index in [0.29, 0.717) is 12.3 Å². The van der Waals surface area contributed by atoms with Crippen LogP contribution in [0.3, 0.4) is 0 Å². The zero-order chi connectivity index (χ0) is 23.6. The van der Waals surface area contributed by atoms with Crippen LogP contribution in [0.2, 0.25) is 0 Å². The molecule has 1 saturated heterocycles. The number of piperazine rings is 1. The summed E-state index contributed by atoms with van der Waals surface area (Å²) in [6.07, 6.45) is 6.33. The molecule has 4 rings (SSSR count). The Morgan fingerprint density at radius 3 is 1.56 bits per heavy atom. The first-order chi connectivity index (χ1) is 16.7. The first-order valence-electron chi connectivity index (χ1n) is 12.7. The lowest BCUT2D eigenvalue weighted by molar-refractivity contribution is -0.132. The molecule has 1 aliphatic heterocycles. The Labute approximate surface area is 206 Å². The normalized spacial score (nSPS) is 14.8. The molecule has 0 aromatic heterocycles. The van der Waals surface area contributed by atoms with Gasteiger partial charge in [0.25, 0.3) is 0 Å². The van der Waals surface area contributed by atoms with Crippen molar-refractivity contribution in [3.05, 3.63) is 91.0 Å². The minimum Gasteiger partial charge on any atom is -0.340 e. The molecule has 0 unspecified atom stereocenters. The van der Waals surface area contributed by atoms with Crippen LogP contribution in [0.4, 0.5) is 0 Å². The molecule has 1 amide bonds. The predicted octanol–water partition coefficient (Wildman–Crippen LogP) is 4.71. The van der Waals surface area contributed by atoms with E-state index in [9.17, 15) is 4.79 Å². The van der Waals surface area contributed by atoms with Crippen molar-refractivity contribution in [3.8, 4) is 0 Å². The zero-order valence-corrected chi connectivity index (χ0v) is 21.4. The summed E-state index contributed by atoms with van der Waals surface area (Å²) in [6, 6.07) is 33.4. The molecule has 3 aromatic rings. The fourth-order valence-corrected chi connectivity index (χ4v) is 9.48. The average Bonchev–Trinajstić information content (AvgIpc) is 2.90. The van der Waals surface area contributed by atoms with E-state index >= 15 is 0 Å². The number of rotatable bonds is 10. The van der Waals surface area contributed by atoms with Gasteiger partial charge in [0.1, 0.15) is 23.2 Å². The van der Waals surface area contributed by atoms with E-state index in [1.54, 1.807) is 0 Å². The van der Waals surface area contributed by atoms with Crippen molar-refractivity contribution in [2.75, 3.05) is 39.4 Å².